The maximum absolute atomic E-state index is 9.80. The molecule has 0 saturated heterocycles. The van der Waals surface area contributed by atoms with Crippen LogP contribution in [-0.2, 0) is 18.0 Å². The van der Waals surface area contributed by atoms with Crippen molar-refractivity contribution in [3.05, 3.63) is 35.4 Å². The maximum atomic E-state index is 9.80. The Morgan fingerprint density at radius 3 is 2.13 bits per heavy atom. The Morgan fingerprint density at radius 2 is 1.73 bits per heavy atom. The molecular formula is C12H17NaOS. The number of hydrogen-bond donors (Lipinski definition) is 1. The standard InChI is InChI=1S/C12H18OS.Na/c1-9-4-6-10(7-5-9)12(2,3)11(13)8-14;/h4-7,11,13-14H,8H2,1-3H3;/q;+1/p-1. The number of rotatable bonds is 3. The van der Waals surface area contributed by atoms with Crippen molar-refractivity contribution in [2.75, 3.05) is 5.75 Å². The molecule has 0 heterocycles. The fraction of sp³-hybridized carbons (Fsp3) is 0.500. The van der Waals surface area contributed by atoms with E-state index in [4.69, 9.17) is 12.6 Å². The van der Waals surface area contributed by atoms with Crippen LogP contribution in [0, 0.1) is 6.92 Å². The van der Waals surface area contributed by atoms with Crippen molar-refractivity contribution in [2.45, 2.75) is 32.3 Å². The molecule has 3 heteroatoms. The van der Waals surface area contributed by atoms with Gasteiger partial charge in [0.25, 0.3) is 0 Å². The molecule has 15 heavy (non-hydrogen) atoms. The van der Waals surface area contributed by atoms with Crippen molar-refractivity contribution in [1.82, 2.24) is 0 Å². The molecule has 1 rings (SSSR count). The molecule has 0 saturated carbocycles. The second-order valence-electron chi connectivity index (χ2n) is 4.27. The van der Waals surface area contributed by atoms with Crippen molar-refractivity contribution < 1.29 is 34.7 Å². The van der Waals surface area contributed by atoms with E-state index in [0.717, 1.165) is 5.56 Å². The van der Waals surface area contributed by atoms with Crippen LogP contribution in [-0.4, -0.2) is 17.0 Å². The molecule has 1 unspecified atom stereocenters. The predicted octanol–water partition coefficient (Wildman–Crippen LogP) is -0.816. The van der Waals surface area contributed by atoms with Crippen LogP contribution in [0.2, 0.25) is 0 Å². The van der Waals surface area contributed by atoms with E-state index in [0.29, 0.717) is 5.75 Å². The van der Waals surface area contributed by atoms with Crippen molar-refractivity contribution in [2.24, 2.45) is 0 Å². The zero-order chi connectivity index (χ0) is 10.8. The van der Waals surface area contributed by atoms with Gasteiger partial charge >= 0.3 is 29.6 Å². The minimum atomic E-state index is -0.458. The predicted molar refractivity (Wildman–Crippen MR) is 62.4 cm³/mol. The van der Waals surface area contributed by atoms with Crippen LogP contribution in [0.25, 0.3) is 0 Å². The zero-order valence-corrected chi connectivity index (χ0v) is 12.8. The zero-order valence-electron chi connectivity index (χ0n) is 9.95. The first-order chi connectivity index (χ1) is 6.48. The summed E-state index contributed by atoms with van der Waals surface area (Å²) in [5, 5.41) is 9.80. The first kappa shape index (κ1) is 15.5. The molecule has 1 aromatic carbocycles. The molecule has 0 spiro atoms. The molecule has 0 radical (unpaired) electrons. The average molecular weight is 232 g/mol. The van der Waals surface area contributed by atoms with Gasteiger partial charge in [-0.25, -0.2) is 0 Å². The van der Waals surface area contributed by atoms with Crippen LogP contribution >= 0.6 is 0 Å². The second kappa shape index (κ2) is 6.31. The van der Waals surface area contributed by atoms with E-state index < -0.39 is 6.10 Å². The number of aryl methyl sites for hydroxylation is 1. The van der Waals surface area contributed by atoms with E-state index in [1.54, 1.807) is 0 Å². The van der Waals surface area contributed by atoms with Crippen molar-refractivity contribution in [3.63, 3.8) is 0 Å². The molecular weight excluding hydrogens is 215 g/mol. The van der Waals surface area contributed by atoms with Gasteiger partial charge in [-0.2, -0.15) is 0 Å². The topological polar surface area (TPSA) is 20.2 Å². The van der Waals surface area contributed by atoms with Crippen LogP contribution in [0.3, 0.4) is 0 Å². The number of benzene rings is 1. The summed E-state index contributed by atoms with van der Waals surface area (Å²) in [6.07, 6.45) is -0.458. The summed E-state index contributed by atoms with van der Waals surface area (Å²) < 4.78 is 0. The molecule has 0 aromatic heterocycles. The summed E-state index contributed by atoms with van der Waals surface area (Å²) in [5.74, 6) is 0.376. The quantitative estimate of drug-likeness (QED) is 0.543. The smallest absolute Gasteiger partial charge is 0.790 e. The van der Waals surface area contributed by atoms with E-state index in [1.807, 2.05) is 13.8 Å². The third-order valence-electron chi connectivity index (χ3n) is 2.79. The van der Waals surface area contributed by atoms with Crippen molar-refractivity contribution in [3.8, 4) is 0 Å². The van der Waals surface area contributed by atoms with Gasteiger partial charge in [0.15, 0.2) is 0 Å². The molecule has 78 valence electrons. The average Bonchev–Trinajstić information content (AvgIpc) is 2.17. The molecule has 0 aliphatic rings. The molecule has 0 fully saturated rings. The summed E-state index contributed by atoms with van der Waals surface area (Å²) in [7, 11) is 0. The normalized spacial score (nSPS) is 13.1. The minimum Gasteiger partial charge on any atom is -0.790 e. The molecule has 1 N–H and O–H groups in total. The Morgan fingerprint density at radius 1 is 1.27 bits per heavy atom. The third kappa shape index (κ3) is 3.79. The Labute approximate surface area is 120 Å². The van der Waals surface area contributed by atoms with Gasteiger partial charge in [0.05, 0.1) is 0 Å². The molecule has 1 atom stereocenters. The minimum absolute atomic E-state index is 0. The third-order valence-corrected chi connectivity index (χ3v) is 3.10. The molecule has 0 aliphatic carbocycles. The van der Waals surface area contributed by atoms with E-state index in [-0.39, 0.29) is 35.0 Å². The molecule has 1 aromatic rings. The van der Waals surface area contributed by atoms with Gasteiger partial charge in [-0.05, 0) is 12.5 Å². The number of hydrogen-bond acceptors (Lipinski definition) is 2. The summed E-state index contributed by atoms with van der Waals surface area (Å²) in [6.45, 7) is 6.10. The number of aliphatic hydroxyl groups is 1. The Balaban J connectivity index is 0.00000196. The second-order valence-corrected chi connectivity index (χ2v) is 4.60. The fourth-order valence-corrected chi connectivity index (χ4v) is 1.80. The molecule has 0 amide bonds. The van der Waals surface area contributed by atoms with E-state index in [1.165, 1.54) is 5.56 Å². The Hall–Kier alpha value is 0.530. The monoisotopic (exact) mass is 232 g/mol. The van der Waals surface area contributed by atoms with Crippen LogP contribution in [0.5, 0.6) is 0 Å². The van der Waals surface area contributed by atoms with E-state index in [9.17, 15) is 5.11 Å². The van der Waals surface area contributed by atoms with Crippen LogP contribution in [0.1, 0.15) is 25.0 Å². The fourth-order valence-electron chi connectivity index (χ4n) is 1.38. The first-order valence-corrected chi connectivity index (χ1v) is 5.39. The van der Waals surface area contributed by atoms with Crippen LogP contribution < -0.4 is 29.6 Å². The van der Waals surface area contributed by atoms with Gasteiger partial charge in [0, 0.05) is 11.5 Å². The molecule has 1 nitrogen and oxygen atoms in total. The van der Waals surface area contributed by atoms with Crippen LogP contribution in [0.15, 0.2) is 24.3 Å². The Kier molecular flexibility index (Phi) is 6.53. The summed E-state index contributed by atoms with van der Waals surface area (Å²) >= 11 is 4.90. The molecule has 0 bridgehead atoms. The molecule has 0 aliphatic heterocycles. The van der Waals surface area contributed by atoms with E-state index >= 15 is 0 Å². The van der Waals surface area contributed by atoms with Gasteiger partial charge in [0.1, 0.15) is 0 Å². The SMILES string of the molecule is Cc1ccc(C(C)(C)C(O)C[S-])cc1.[Na+]. The van der Waals surface area contributed by atoms with Gasteiger partial charge in [0.2, 0.25) is 0 Å². The van der Waals surface area contributed by atoms with Gasteiger partial charge < -0.3 is 17.7 Å². The van der Waals surface area contributed by atoms with E-state index in [2.05, 4.69) is 31.2 Å². The summed E-state index contributed by atoms with van der Waals surface area (Å²) in [5.41, 5.74) is 2.12. The summed E-state index contributed by atoms with van der Waals surface area (Å²) in [6, 6.07) is 8.24. The van der Waals surface area contributed by atoms with Gasteiger partial charge in [-0.3, -0.25) is 0 Å². The van der Waals surface area contributed by atoms with Crippen LogP contribution in [0.4, 0.5) is 0 Å². The Bertz CT molecular complexity index is 295. The van der Waals surface area contributed by atoms with Crippen molar-refractivity contribution >= 4 is 12.6 Å². The largest absolute Gasteiger partial charge is 1.00 e. The maximum Gasteiger partial charge on any atom is 1.00 e. The van der Waals surface area contributed by atoms with Crippen molar-refractivity contribution in [1.29, 1.82) is 0 Å². The van der Waals surface area contributed by atoms with Gasteiger partial charge in [-0.15, -0.1) is 5.75 Å². The number of aliphatic hydroxyl groups excluding tert-OH is 1. The first-order valence-electron chi connectivity index (χ1n) is 4.82. The summed E-state index contributed by atoms with van der Waals surface area (Å²) in [4.78, 5) is 0. The van der Waals surface area contributed by atoms with Gasteiger partial charge in [-0.1, -0.05) is 43.7 Å².